The lowest BCUT2D eigenvalue weighted by Crippen LogP contribution is -2.53. The van der Waals surface area contributed by atoms with E-state index in [1.165, 1.54) is 19.1 Å². The highest BCUT2D eigenvalue weighted by atomic mass is 19.1. The molecule has 0 aromatic heterocycles. The second-order valence-corrected chi connectivity index (χ2v) is 4.68. The van der Waals surface area contributed by atoms with Crippen molar-refractivity contribution in [1.82, 2.24) is 5.32 Å². The van der Waals surface area contributed by atoms with Crippen molar-refractivity contribution in [2.24, 2.45) is 0 Å². The maximum Gasteiger partial charge on any atom is 0.328 e. The van der Waals surface area contributed by atoms with Crippen LogP contribution in [-0.4, -0.2) is 17.1 Å². The average molecular weight is 237 g/mol. The van der Waals surface area contributed by atoms with Crippen LogP contribution in [0.25, 0.3) is 0 Å². The van der Waals surface area contributed by atoms with E-state index >= 15 is 0 Å². The highest BCUT2D eigenvalue weighted by molar-refractivity contribution is 5.80. The van der Waals surface area contributed by atoms with Crippen molar-refractivity contribution in [2.45, 2.75) is 37.8 Å². The predicted molar refractivity (Wildman–Crippen MR) is 62.2 cm³/mol. The third-order valence-electron chi connectivity index (χ3n) is 3.44. The van der Waals surface area contributed by atoms with Crippen LogP contribution in [0.1, 0.15) is 31.7 Å². The van der Waals surface area contributed by atoms with Crippen molar-refractivity contribution < 1.29 is 14.3 Å². The minimum absolute atomic E-state index is 0.177. The van der Waals surface area contributed by atoms with Crippen LogP contribution in [-0.2, 0) is 10.3 Å². The number of nitrogens with one attached hydrogen (secondary N) is 1. The molecule has 4 heteroatoms. The van der Waals surface area contributed by atoms with Gasteiger partial charge in [0.1, 0.15) is 11.4 Å². The molecule has 1 aliphatic rings. The fourth-order valence-corrected chi connectivity index (χ4v) is 2.08. The summed E-state index contributed by atoms with van der Waals surface area (Å²) in [6.45, 7) is 1.52. The van der Waals surface area contributed by atoms with Gasteiger partial charge in [0, 0.05) is 11.6 Å². The van der Waals surface area contributed by atoms with Gasteiger partial charge in [0.25, 0.3) is 0 Å². The summed E-state index contributed by atoms with van der Waals surface area (Å²) in [5.41, 5.74) is -1.16. The van der Waals surface area contributed by atoms with E-state index in [4.69, 9.17) is 0 Å². The lowest BCUT2D eigenvalue weighted by Gasteiger charge is -2.36. The predicted octanol–water partition coefficient (Wildman–Crippen LogP) is 2.27. The highest BCUT2D eigenvalue weighted by Gasteiger charge is 2.40. The van der Waals surface area contributed by atoms with E-state index in [0.717, 1.165) is 19.3 Å². The standard InChI is InChI=1S/C13H16FNO2/c1-13(12(16)17,15-9-5-4-6-9)10-7-2-3-8-11(10)14/h2-3,7-9,15H,4-6H2,1H3,(H,16,17). The molecule has 1 aromatic carbocycles. The fraction of sp³-hybridized carbons (Fsp3) is 0.462. The first-order chi connectivity index (χ1) is 8.04. The van der Waals surface area contributed by atoms with Crippen molar-refractivity contribution in [3.63, 3.8) is 0 Å². The first-order valence-corrected chi connectivity index (χ1v) is 5.80. The van der Waals surface area contributed by atoms with Crippen molar-refractivity contribution in [1.29, 1.82) is 0 Å². The van der Waals surface area contributed by atoms with Gasteiger partial charge in [0.05, 0.1) is 0 Å². The maximum atomic E-state index is 13.7. The van der Waals surface area contributed by atoms with Crippen LogP contribution in [0.5, 0.6) is 0 Å². The Morgan fingerprint density at radius 3 is 2.59 bits per heavy atom. The summed E-state index contributed by atoms with van der Waals surface area (Å²) in [6.07, 6.45) is 3.01. The number of benzene rings is 1. The number of hydrogen-bond donors (Lipinski definition) is 2. The molecule has 1 saturated carbocycles. The minimum atomic E-state index is -1.35. The van der Waals surface area contributed by atoms with E-state index < -0.39 is 17.3 Å². The van der Waals surface area contributed by atoms with Gasteiger partial charge in [-0.3, -0.25) is 5.32 Å². The Morgan fingerprint density at radius 1 is 1.47 bits per heavy atom. The molecule has 3 nitrogen and oxygen atoms in total. The molecule has 1 atom stereocenters. The summed E-state index contributed by atoms with van der Waals surface area (Å²) in [4.78, 5) is 11.4. The van der Waals surface area contributed by atoms with Crippen molar-refractivity contribution >= 4 is 5.97 Å². The third kappa shape index (κ3) is 2.17. The van der Waals surface area contributed by atoms with E-state index in [2.05, 4.69) is 5.32 Å². The van der Waals surface area contributed by atoms with E-state index in [1.807, 2.05) is 0 Å². The second kappa shape index (κ2) is 4.45. The highest BCUT2D eigenvalue weighted by Crippen LogP contribution is 2.29. The van der Waals surface area contributed by atoms with Crippen molar-refractivity contribution in [3.05, 3.63) is 35.6 Å². The Morgan fingerprint density at radius 2 is 2.12 bits per heavy atom. The molecule has 1 unspecified atom stereocenters. The van der Waals surface area contributed by atoms with Gasteiger partial charge in [-0.25, -0.2) is 9.18 Å². The molecule has 0 spiro atoms. The number of carbonyl (C=O) groups is 1. The van der Waals surface area contributed by atoms with Crippen LogP contribution < -0.4 is 5.32 Å². The van der Waals surface area contributed by atoms with Crippen LogP contribution in [0, 0.1) is 5.82 Å². The largest absolute Gasteiger partial charge is 0.480 e. The monoisotopic (exact) mass is 237 g/mol. The van der Waals surface area contributed by atoms with E-state index in [-0.39, 0.29) is 11.6 Å². The molecule has 92 valence electrons. The van der Waals surface area contributed by atoms with Gasteiger partial charge in [-0.05, 0) is 25.8 Å². The average Bonchev–Trinajstić information content (AvgIpc) is 2.23. The van der Waals surface area contributed by atoms with E-state index in [9.17, 15) is 14.3 Å². The molecule has 0 heterocycles. The Hall–Kier alpha value is -1.42. The molecule has 0 aliphatic heterocycles. The SMILES string of the molecule is CC(NC1CCC1)(C(=O)O)c1ccccc1F. The van der Waals surface area contributed by atoms with Gasteiger partial charge < -0.3 is 5.11 Å². The molecule has 1 fully saturated rings. The number of carboxylic acids is 1. The lowest BCUT2D eigenvalue weighted by molar-refractivity contribution is -0.145. The topological polar surface area (TPSA) is 49.3 Å². The van der Waals surface area contributed by atoms with Gasteiger partial charge >= 0.3 is 5.97 Å². The van der Waals surface area contributed by atoms with Gasteiger partial charge in [0.2, 0.25) is 0 Å². The molecule has 0 bridgehead atoms. The van der Waals surface area contributed by atoms with E-state index in [1.54, 1.807) is 12.1 Å². The number of halogens is 1. The summed E-state index contributed by atoms with van der Waals surface area (Å²) in [6, 6.07) is 6.20. The van der Waals surface area contributed by atoms with Crippen LogP contribution in [0.15, 0.2) is 24.3 Å². The number of rotatable bonds is 4. The number of aliphatic carboxylic acids is 1. The van der Waals surface area contributed by atoms with Crippen LogP contribution in [0.4, 0.5) is 4.39 Å². The number of carboxylic acid groups (broad SMARTS) is 1. The van der Waals surface area contributed by atoms with Gasteiger partial charge in [0.15, 0.2) is 0 Å². The molecular formula is C13H16FNO2. The van der Waals surface area contributed by atoms with Crippen molar-refractivity contribution in [2.75, 3.05) is 0 Å². The summed E-state index contributed by atoms with van der Waals surface area (Å²) in [5.74, 6) is -1.53. The zero-order valence-corrected chi connectivity index (χ0v) is 9.74. The molecule has 0 amide bonds. The van der Waals surface area contributed by atoms with Gasteiger partial charge in [-0.2, -0.15) is 0 Å². The Labute approximate surface area is 99.7 Å². The number of hydrogen-bond acceptors (Lipinski definition) is 2. The first kappa shape index (κ1) is 12.0. The molecule has 2 N–H and O–H groups in total. The van der Waals surface area contributed by atoms with Gasteiger partial charge in [-0.1, -0.05) is 24.6 Å². The lowest BCUT2D eigenvalue weighted by atomic mass is 9.85. The normalized spacial score (nSPS) is 19.4. The van der Waals surface area contributed by atoms with Gasteiger partial charge in [-0.15, -0.1) is 0 Å². The quantitative estimate of drug-likeness (QED) is 0.844. The summed E-state index contributed by atoms with van der Waals surface area (Å²) in [5, 5.41) is 12.4. The molecule has 1 aromatic rings. The third-order valence-corrected chi connectivity index (χ3v) is 3.44. The Bertz CT molecular complexity index is 431. The summed E-state index contributed by atoms with van der Waals surface area (Å²) < 4.78 is 13.7. The van der Waals surface area contributed by atoms with Crippen LogP contribution in [0.2, 0.25) is 0 Å². The second-order valence-electron chi connectivity index (χ2n) is 4.68. The Kier molecular flexibility index (Phi) is 3.15. The molecule has 1 aliphatic carbocycles. The smallest absolute Gasteiger partial charge is 0.328 e. The van der Waals surface area contributed by atoms with Crippen LogP contribution in [0.3, 0.4) is 0 Å². The molecule has 2 rings (SSSR count). The molecular weight excluding hydrogens is 221 g/mol. The first-order valence-electron chi connectivity index (χ1n) is 5.80. The summed E-state index contributed by atoms with van der Waals surface area (Å²) >= 11 is 0. The van der Waals surface area contributed by atoms with Crippen molar-refractivity contribution in [3.8, 4) is 0 Å². The van der Waals surface area contributed by atoms with E-state index in [0.29, 0.717) is 0 Å². The molecule has 0 radical (unpaired) electrons. The minimum Gasteiger partial charge on any atom is -0.480 e. The molecule has 17 heavy (non-hydrogen) atoms. The van der Waals surface area contributed by atoms with Crippen LogP contribution >= 0.6 is 0 Å². The zero-order valence-electron chi connectivity index (χ0n) is 9.74. The fourth-order valence-electron chi connectivity index (χ4n) is 2.08. The maximum absolute atomic E-state index is 13.7. The zero-order chi connectivity index (χ0) is 12.5. The molecule has 0 saturated heterocycles. The summed E-state index contributed by atoms with van der Waals surface area (Å²) in [7, 11) is 0. The Balaban J connectivity index is 2.33.